The van der Waals surface area contributed by atoms with Gasteiger partial charge in [0, 0.05) is 19.3 Å². The summed E-state index contributed by atoms with van der Waals surface area (Å²) in [6.45, 7) is 5.65. The molecule has 1 amide bonds. The predicted octanol–water partition coefficient (Wildman–Crippen LogP) is 0.0512. The van der Waals surface area contributed by atoms with Gasteiger partial charge in [-0.15, -0.1) is 0 Å². The molecule has 0 spiro atoms. The van der Waals surface area contributed by atoms with Crippen molar-refractivity contribution in [3.05, 3.63) is 23.3 Å². The first-order chi connectivity index (χ1) is 8.81. The SMILES string of the molecule is Cc1ncc(C(=O)N2CC[C@@](C)(O)[C@@H](O)C2)c(C)n1. The Hall–Kier alpha value is -1.53. The first kappa shape index (κ1) is 13.9. The summed E-state index contributed by atoms with van der Waals surface area (Å²) in [7, 11) is 0. The smallest absolute Gasteiger partial charge is 0.257 e. The van der Waals surface area contributed by atoms with Crippen molar-refractivity contribution < 1.29 is 15.0 Å². The topological polar surface area (TPSA) is 86.6 Å². The zero-order valence-corrected chi connectivity index (χ0v) is 11.4. The number of hydrogen-bond acceptors (Lipinski definition) is 5. The number of piperidine rings is 1. The number of aryl methyl sites for hydroxylation is 2. The number of β-amino-alcohol motifs (C(OH)–C–C–N with tert-alkyl or cyclic N) is 1. The van der Waals surface area contributed by atoms with Gasteiger partial charge < -0.3 is 15.1 Å². The second-order valence-electron chi connectivity index (χ2n) is 5.29. The van der Waals surface area contributed by atoms with Crippen LogP contribution in [-0.2, 0) is 0 Å². The largest absolute Gasteiger partial charge is 0.388 e. The van der Waals surface area contributed by atoms with E-state index in [9.17, 15) is 15.0 Å². The third-order valence-corrected chi connectivity index (χ3v) is 3.62. The minimum absolute atomic E-state index is 0.124. The maximum atomic E-state index is 12.3. The molecule has 6 nitrogen and oxygen atoms in total. The van der Waals surface area contributed by atoms with Gasteiger partial charge in [0.25, 0.3) is 5.91 Å². The quantitative estimate of drug-likeness (QED) is 0.749. The second kappa shape index (κ2) is 4.86. The lowest BCUT2D eigenvalue weighted by Crippen LogP contribution is -2.55. The van der Waals surface area contributed by atoms with Gasteiger partial charge in [-0.05, 0) is 27.2 Å². The first-order valence-corrected chi connectivity index (χ1v) is 6.31. The molecule has 2 heterocycles. The second-order valence-corrected chi connectivity index (χ2v) is 5.29. The number of carbonyl (C=O) groups is 1. The van der Waals surface area contributed by atoms with Crippen LogP contribution in [0.15, 0.2) is 6.20 Å². The van der Waals surface area contributed by atoms with Gasteiger partial charge in [-0.2, -0.15) is 0 Å². The molecule has 19 heavy (non-hydrogen) atoms. The van der Waals surface area contributed by atoms with E-state index in [2.05, 4.69) is 9.97 Å². The van der Waals surface area contributed by atoms with Crippen molar-refractivity contribution in [3.63, 3.8) is 0 Å². The van der Waals surface area contributed by atoms with Crippen LogP contribution in [-0.4, -0.2) is 55.8 Å². The monoisotopic (exact) mass is 265 g/mol. The summed E-state index contributed by atoms with van der Waals surface area (Å²) < 4.78 is 0. The van der Waals surface area contributed by atoms with Crippen molar-refractivity contribution in [2.75, 3.05) is 13.1 Å². The van der Waals surface area contributed by atoms with Crippen LogP contribution >= 0.6 is 0 Å². The number of rotatable bonds is 1. The predicted molar refractivity (Wildman–Crippen MR) is 68.7 cm³/mol. The number of aliphatic hydroxyl groups excluding tert-OH is 1. The summed E-state index contributed by atoms with van der Waals surface area (Å²) in [5.74, 6) is 0.419. The Bertz CT molecular complexity index is 502. The van der Waals surface area contributed by atoms with Crippen LogP contribution in [0.3, 0.4) is 0 Å². The van der Waals surface area contributed by atoms with Crippen LogP contribution in [0.2, 0.25) is 0 Å². The third kappa shape index (κ3) is 2.74. The molecule has 1 saturated heterocycles. The van der Waals surface area contributed by atoms with Gasteiger partial charge in [0.05, 0.1) is 23.0 Å². The highest BCUT2D eigenvalue weighted by atomic mass is 16.3. The maximum absolute atomic E-state index is 12.3. The van der Waals surface area contributed by atoms with E-state index in [1.54, 1.807) is 20.8 Å². The fourth-order valence-corrected chi connectivity index (χ4v) is 2.17. The molecule has 6 heteroatoms. The molecular weight excluding hydrogens is 246 g/mol. The maximum Gasteiger partial charge on any atom is 0.257 e. The molecule has 0 radical (unpaired) electrons. The van der Waals surface area contributed by atoms with E-state index >= 15 is 0 Å². The lowest BCUT2D eigenvalue weighted by Gasteiger charge is -2.39. The number of amides is 1. The van der Waals surface area contributed by atoms with Crippen molar-refractivity contribution in [2.45, 2.75) is 38.9 Å². The molecule has 2 N–H and O–H groups in total. The Morgan fingerprint density at radius 1 is 1.53 bits per heavy atom. The standard InChI is InChI=1S/C13H19N3O3/c1-8-10(6-14-9(2)15-8)12(18)16-5-4-13(3,19)11(17)7-16/h6,11,17,19H,4-5,7H2,1-3H3/t11-,13+/m0/s1. The van der Waals surface area contributed by atoms with Crippen LogP contribution in [0, 0.1) is 13.8 Å². The molecule has 0 saturated carbocycles. The highest BCUT2D eigenvalue weighted by Gasteiger charge is 2.38. The van der Waals surface area contributed by atoms with Crippen molar-refractivity contribution in [3.8, 4) is 0 Å². The van der Waals surface area contributed by atoms with E-state index in [-0.39, 0.29) is 12.5 Å². The molecule has 1 fully saturated rings. The minimum Gasteiger partial charge on any atom is -0.388 e. The fourth-order valence-electron chi connectivity index (χ4n) is 2.17. The molecule has 2 rings (SSSR count). The molecule has 1 aromatic heterocycles. The number of likely N-dealkylation sites (tertiary alicyclic amines) is 1. The van der Waals surface area contributed by atoms with E-state index in [4.69, 9.17) is 0 Å². The van der Waals surface area contributed by atoms with Crippen molar-refractivity contribution in [1.82, 2.24) is 14.9 Å². The molecule has 104 valence electrons. The molecule has 2 atom stereocenters. The molecule has 0 bridgehead atoms. The van der Waals surface area contributed by atoms with E-state index in [1.165, 1.54) is 11.1 Å². The van der Waals surface area contributed by atoms with Crippen LogP contribution in [0.5, 0.6) is 0 Å². The van der Waals surface area contributed by atoms with Gasteiger partial charge in [-0.3, -0.25) is 4.79 Å². The Kier molecular flexibility index (Phi) is 3.56. The number of aromatic nitrogens is 2. The Morgan fingerprint density at radius 3 is 2.79 bits per heavy atom. The Labute approximate surface area is 112 Å². The lowest BCUT2D eigenvalue weighted by molar-refractivity contribution is -0.0999. The van der Waals surface area contributed by atoms with Crippen LogP contribution in [0.1, 0.15) is 35.2 Å². The third-order valence-electron chi connectivity index (χ3n) is 3.62. The van der Waals surface area contributed by atoms with E-state index in [0.29, 0.717) is 30.0 Å². The van der Waals surface area contributed by atoms with Gasteiger partial charge in [0.1, 0.15) is 5.82 Å². The Morgan fingerprint density at radius 2 is 2.21 bits per heavy atom. The zero-order valence-electron chi connectivity index (χ0n) is 11.4. The number of nitrogens with zero attached hydrogens (tertiary/aromatic N) is 3. The molecule has 0 aliphatic carbocycles. The van der Waals surface area contributed by atoms with Crippen molar-refractivity contribution >= 4 is 5.91 Å². The van der Waals surface area contributed by atoms with Gasteiger partial charge >= 0.3 is 0 Å². The van der Waals surface area contributed by atoms with Crippen LogP contribution in [0.4, 0.5) is 0 Å². The van der Waals surface area contributed by atoms with Crippen molar-refractivity contribution in [2.24, 2.45) is 0 Å². The molecule has 0 aromatic carbocycles. The van der Waals surface area contributed by atoms with E-state index in [1.807, 2.05) is 0 Å². The molecule has 0 unspecified atom stereocenters. The highest BCUT2D eigenvalue weighted by Crippen LogP contribution is 2.23. The Balaban J connectivity index is 2.17. The summed E-state index contributed by atoms with van der Waals surface area (Å²) in [5, 5.41) is 19.7. The van der Waals surface area contributed by atoms with E-state index < -0.39 is 11.7 Å². The lowest BCUT2D eigenvalue weighted by atomic mass is 9.90. The average Bonchev–Trinajstić information content (AvgIpc) is 2.32. The van der Waals surface area contributed by atoms with Gasteiger partial charge in [0.2, 0.25) is 0 Å². The average molecular weight is 265 g/mol. The summed E-state index contributed by atoms with van der Waals surface area (Å²) in [4.78, 5) is 22.1. The van der Waals surface area contributed by atoms with Crippen molar-refractivity contribution in [1.29, 1.82) is 0 Å². The number of carbonyl (C=O) groups excluding carboxylic acids is 1. The zero-order chi connectivity index (χ0) is 14.2. The van der Waals surface area contributed by atoms with Crippen LogP contribution < -0.4 is 0 Å². The highest BCUT2D eigenvalue weighted by molar-refractivity contribution is 5.95. The minimum atomic E-state index is -1.13. The van der Waals surface area contributed by atoms with E-state index in [0.717, 1.165) is 0 Å². The summed E-state index contributed by atoms with van der Waals surface area (Å²) in [6, 6.07) is 0. The van der Waals surface area contributed by atoms with Gasteiger partial charge in [-0.25, -0.2) is 9.97 Å². The normalized spacial score (nSPS) is 27.4. The van der Waals surface area contributed by atoms with Gasteiger partial charge in [-0.1, -0.05) is 0 Å². The molecular formula is C13H19N3O3. The summed E-state index contributed by atoms with van der Waals surface area (Å²) in [6.07, 6.45) is 0.932. The van der Waals surface area contributed by atoms with Gasteiger partial charge in [0.15, 0.2) is 0 Å². The number of hydrogen-bond donors (Lipinski definition) is 2. The summed E-state index contributed by atoms with van der Waals surface area (Å²) >= 11 is 0. The number of aliphatic hydroxyl groups is 2. The summed E-state index contributed by atoms with van der Waals surface area (Å²) in [5.41, 5.74) is -0.0565. The van der Waals surface area contributed by atoms with Crippen LogP contribution in [0.25, 0.3) is 0 Å². The molecule has 1 aliphatic heterocycles. The first-order valence-electron chi connectivity index (χ1n) is 6.31. The fraction of sp³-hybridized carbons (Fsp3) is 0.615. The molecule has 1 aliphatic rings. The molecule has 1 aromatic rings.